The molecule has 3 aromatic rings. The van der Waals surface area contributed by atoms with Crippen molar-refractivity contribution in [2.45, 2.75) is 32.1 Å². The summed E-state index contributed by atoms with van der Waals surface area (Å²) < 4.78 is 38.7. The zero-order valence-corrected chi connectivity index (χ0v) is 18.4. The van der Waals surface area contributed by atoms with Crippen LogP contribution in [0.4, 0.5) is 13.2 Å². The first-order valence-corrected chi connectivity index (χ1v) is 11.6. The maximum Gasteiger partial charge on any atom is 0.416 e. The molecule has 1 saturated heterocycles. The fourth-order valence-electron chi connectivity index (χ4n) is 4.14. The Bertz CT molecular complexity index is 1050. The van der Waals surface area contributed by atoms with Crippen molar-refractivity contribution >= 4 is 17.2 Å². The summed E-state index contributed by atoms with van der Waals surface area (Å²) in [6.07, 6.45) is -2.67. The monoisotopic (exact) mass is 458 g/mol. The fourth-order valence-corrected chi connectivity index (χ4v) is 4.81. The second kappa shape index (κ2) is 9.88. The maximum absolute atomic E-state index is 12.9. The Kier molecular flexibility index (Phi) is 6.96. The highest BCUT2D eigenvalue weighted by Gasteiger charge is 2.30. The molecule has 1 aromatic heterocycles. The summed E-state index contributed by atoms with van der Waals surface area (Å²) in [4.78, 5) is 15.0. The van der Waals surface area contributed by atoms with Crippen molar-refractivity contribution in [3.8, 4) is 11.1 Å². The van der Waals surface area contributed by atoms with Crippen LogP contribution in [0, 0.1) is 5.92 Å². The van der Waals surface area contributed by atoms with Crippen LogP contribution < -0.4 is 5.32 Å². The van der Waals surface area contributed by atoms with Crippen LogP contribution in [0.15, 0.2) is 65.4 Å². The van der Waals surface area contributed by atoms with Crippen LogP contribution in [0.2, 0.25) is 0 Å². The number of carbonyl (C=O) groups excluding carboxylic acids is 1. The highest BCUT2D eigenvalue weighted by atomic mass is 32.1. The van der Waals surface area contributed by atoms with Gasteiger partial charge in [0, 0.05) is 19.6 Å². The largest absolute Gasteiger partial charge is 0.416 e. The Morgan fingerprint density at radius 1 is 1.06 bits per heavy atom. The highest BCUT2D eigenvalue weighted by Crippen LogP contribution is 2.29. The van der Waals surface area contributed by atoms with E-state index in [-0.39, 0.29) is 18.4 Å². The molecule has 0 saturated carbocycles. The summed E-state index contributed by atoms with van der Waals surface area (Å²) >= 11 is 1.67. The molecule has 0 spiro atoms. The third kappa shape index (κ3) is 5.78. The smallest absolute Gasteiger partial charge is 0.352 e. The summed E-state index contributed by atoms with van der Waals surface area (Å²) in [7, 11) is 0. The number of thiophene rings is 1. The lowest BCUT2D eigenvalue weighted by atomic mass is 9.96. The number of hydrogen-bond donors (Lipinski definition) is 1. The third-order valence-electron chi connectivity index (χ3n) is 5.79. The topological polar surface area (TPSA) is 32.3 Å². The first-order valence-electron chi connectivity index (χ1n) is 10.7. The minimum absolute atomic E-state index is 0.0980. The third-order valence-corrected chi connectivity index (χ3v) is 6.47. The van der Waals surface area contributed by atoms with E-state index in [2.05, 4.69) is 51.3 Å². The molecule has 2 heterocycles. The molecule has 0 aliphatic carbocycles. The van der Waals surface area contributed by atoms with Crippen molar-refractivity contribution in [3.63, 3.8) is 0 Å². The van der Waals surface area contributed by atoms with Gasteiger partial charge >= 0.3 is 6.18 Å². The van der Waals surface area contributed by atoms with E-state index >= 15 is 0 Å². The average Bonchev–Trinajstić information content (AvgIpc) is 3.33. The van der Waals surface area contributed by atoms with Gasteiger partial charge in [-0.3, -0.25) is 9.69 Å². The number of piperidine rings is 1. The van der Waals surface area contributed by atoms with Gasteiger partial charge in [-0.1, -0.05) is 30.3 Å². The summed E-state index contributed by atoms with van der Waals surface area (Å²) in [5.41, 5.74) is 3.36. The van der Waals surface area contributed by atoms with E-state index < -0.39 is 11.7 Å². The number of hydrogen-bond acceptors (Lipinski definition) is 3. The molecule has 1 aliphatic heterocycles. The van der Waals surface area contributed by atoms with Crippen molar-refractivity contribution in [2.75, 3.05) is 13.1 Å². The number of nitrogens with zero attached hydrogens (tertiary/aromatic N) is 1. The minimum Gasteiger partial charge on any atom is -0.352 e. The van der Waals surface area contributed by atoms with E-state index in [0.717, 1.165) is 38.1 Å². The number of likely N-dealkylation sites (tertiary alicyclic amines) is 1. The van der Waals surface area contributed by atoms with Crippen LogP contribution in [0.1, 0.15) is 29.5 Å². The van der Waals surface area contributed by atoms with Gasteiger partial charge in [0.2, 0.25) is 5.91 Å². The molecule has 0 radical (unpaired) electrons. The molecular weight excluding hydrogens is 433 g/mol. The van der Waals surface area contributed by atoms with Crippen LogP contribution in [0.3, 0.4) is 0 Å². The van der Waals surface area contributed by atoms with Gasteiger partial charge in [-0.05, 0) is 76.7 Å². The lowest BCUT2D eigenvalue weighted by Gasteiger charge is -2.32. The summed E-state index contributed by atoms with van der Waals surface area (Å²) in [5, 5.41) is 7.02. The zero-order chi connectivity index (χ0) is 22.6. The Labute approximate surface area is 189 Å². The molecule has 32 heavy (non-hydrogen) atoms. The summed E-state index contributed by atoms with van der Waals surface area (Å²) in [6, 6.07) is 15.7. The highest BCUT2D eigenvalue weighted by molar-refractivity contribution is 7.08. The maximum atomic E-state index is 12.9. The Hall–Kier alpha value is -2.64. The number of alkyl halides is 3. The van der Waals surface area contributed by atoms with Gasteiger partial charge in [-0.25, -0.2) is 0 Å². The molecule has 1 aliphatic rings. The van der Waals surface area contributed by atoms with Crippen LogP contribution >= 0.6 is 11.3 Å². The minimum atomic E-state index is -4.38. The normalized spacial score (nSPS) is 17.3. The van der Waals surface area contributed by atoms with Crippen molar-refractivity contribution < 1.29 is 18.0 Å². The Morgan fingerprint density at radius 2 is 1.88 bits per heavy atom. The van der Waals surface area contributed by atoms with Crippen molar-refractivity contribution in [2.24, 2.45) is 5.92 Å². The van der Waals surface area contributed by atoms with Crippen LogP contribution in [0.25, 0.3) is 11.1 Å². The van der Waals surface area contributed by atoms with Crippen LogP contribution in [-0.4, -0.2) is 23.9 Å². The van der Waals surface area contributed by atoms with E-state index in [1.807, 2.05) is 0 Å². The second-order valence-corrected chi connectivity index (χ2v) is 8.98. The van der Waals surface area contributed by atoms with Crippen molar-refractivity contribution in [1.29, 1.82) is 0 Å². The molecule has 0 bridgehead atoms. The molecule has 2 aromatic carbocycles. The predicted molar refractivity (Wildman–Crippen MR) is 121 cm³/mol. The number of benzene rings is 2. The average molecular weight is 459 g/mol. The molecule has 1 atom stereocenters. The SMILES string of the molecule is O=C(NCc1cccc(C(F)(F)F)c1)C1CCCN(Cc2cccc(-c3ccsc3)c2)C1. The lowest BCUT2D eigenvalue weighted by molar-refractivity contribution is -0.137. The number of carbonyl (C=O) groups is 1. The molecular formula is C25H25F3N2OS. The van der Waals surface area contributed by atoms with Crippen LogP contribution in [-0.2, 0) is 24.1 Å². The van der Waals surface area contributed by atoms with Gasteiger partial charge in [-0.2, -0.15) is 24.5 Å². The summed E-state index contributed by atoms with van der Waals surface area (Å²) in [6.45, 7) is 2.45. The van der Waals surface area contributed by atoms with E-state index in [9.17, 15) is 18.0 Å². The molecule has 1 fully saturated rings. The van der Waals surface area contributed by atoms with E-state index in [1.165, 1.54) is 22.8 Å². The predicted octanol–water partition coefficient (Wildman–Crippen LogP) is 5.96. The van der Waals surface area contributed by atoms with E-state index in [4.69, 9.17) is 0 Å². The molecule has 1 amide bonds. The van der Waals surface area contributed by atoms with Gasteiger partial charge in [0.15, 0.2) is 0 Å². The second-order valence-electron chi connectivity index (χ2n) is 8.20. The quantitative estimate of drug-likeness (QED) is 0.494. The van der Waals surface area contributed by atoms with Gasteiger partial charge in [0.25, 0.3) is 0 Å². The standard InChI is InChI=1S/C25H25F3N2OS/c26-25(27,28)23-8-2-4-18(13-23)14-29-24(31)21-7-3-10-30(16-21)15-19-5-1-6-20(12-19)22-9-11-32-17-22/h1-2,4-6,8-9,11-13,17,21H,3,7,10,14-16H2,(H,29,31). The first-order chi connectivity index (χ1) is 15.4. The molecule has 168 valence electrons. The first kappa shape index (κ1) is 22.6. The number of rotatable bonds is 6. The number of halogens is 3. The molecule has 1 N–H and O–H groups in total. The molecule has 4 rings (SSSR count). The Morgan fingerprint density at radius 3 is 2.66 bits per heavy atom. The van der Waals surface area contributed by atoms with Crippen molar-refractivity contribution in [3.05, 3.63) is 82.0 Å². The molecule has 1 unspecified atom stereocenters. The van der Waals surface area contributed by atoms with E-state index in [0.29, 0.717) is 12.1 Å². The van der Waals surface area contributed by atoms with Gasteiger partial charge in [-0.15, -0.1) is 0 Å². The summed E-state index contributed by atoms with van der Waals surface area (Å²) in [5.74, 6) is -0.256. The lowest BCUT2D eigenvalue weighted by Crippen LogP contribution is -2.42. The van der Waals surface area contributed by atoms with E-state index in [1.54, 1.807) is 17.4 Å². The number of nitrogens with one attached hydrogen (secondary N) is 1. The van der Waals surface area contributed by atoms with Crippen LogP contribution in [0.5, 0.6) is 0 Å². The van der Waals surface area contributed by atoms with Gasteiger partial charge < -0.3 is 5.32 Å². The van der Waals surface area contributed by atoms with Gasteiger partial charge in [0.05, 0.1) is 11.5 Å². The fraction of sp³-hybridized carbons (Fsp3) is 0.320. The van der Waals surface area contributed by atoms with Crippen molar-refractivity contribution in [1.82, 2.24) is 10.2 Å². The Balaban J connectivity index is 1.33. The number of amides is 1. The van der Waals surface area contributed by atoms with Gasteiger partial charge in [0.1, 0.15) is 0 Å². The molecule has 3 nitrogen and oxygen atoms in total. The zero-order valence-electron chi connectivity index (χ0n) is 17.6. The molecule has 7 heteroatoms.